The van der Waals surface area contributed by atoms with Crippen molar-refractivity contribution in [3.8, 4) is 0 Å². The molecule has 0 radical (unpaired) electrons. The highest BCUT2D eigenvalue weighted by atomic mass is 16.6. The third kappa shape index (κ3) is 3.79. The van der Waals surface area contributed by atoms with E-state index in [1.165, 1.54) is 25.1 Å². The van der Waals surface area contributed by atoms with Crippen molar-refractivity contribution in [1.82, 2.24) is 0 Å². The Hall–Kier alpha value is -2.48. The Bertz CT molecular complexity index is 582. The molecule has 1 aromatic rings. The van der Waals surface area contributed by atoms with Gasteiger partial charge >= 0.3 is 5.97 Å². The largest absolute Gasteiger partial charge is 0.451 e. The molecule has 2 rings (SSSR count). The zero-order chi connectivity index (χ0) is 16.1. The number of hydrogen-bond acceptors (Lipinski definition) is 6. The maximum absolute atomic E-state index is 12.0. The van der Waals surface area contributed by atoms with Crippen molar-refractivity contribution >= 4 is 23.3 Å². The van der Waals surface area contributed by atoms with Crippen LogP contribution in [0.4, 0.5) is 11.4 Å². The predicted octanol–water partition coefficient (Wildman–Crippen LogP) is 1.64. The van der Waals surface area contributed by atoms with E-state index in [1.54, 1.807) is 6.07 Å². The molecular formula is C14H16N2O6. The van der Waals surface area contributed by atoms with Gasteiger partial charge in [-0.2, -0.15) is 0 Å². The molecule has 0 bridgehead atoms. The normalized spacial score (nSPS) is 18.5. The standard InChI is InChI=1S/C14H16N2O6/c1-9(22-14(18)12-7-4-8-21-12)13(17)15-10-5-2-3-6-11(10)16(19)20/h2-3,5-6,9,12H,4,7-8H2,1H3,(H,15,17)/t9-,12-/m0/s1. The van der Waals surface area contributed by atoms with Gasteiger partial charge in [-0.3, -0.25) is 14.9 Å². The molecule has 1 saturated heterocycles. The van der Waals surface area contributed by atoms with E-state index in [1.807, 2.05) is 0 Å². The summed E-state index contributed by atoms with van der Waals surface area (Å²) in [6, 6.07) is 5.74. The zero-order valence-corrected chi connectivity index (χ0v) is 12.0. The maximum Gasteiger partial charge on any atom is 0.336 e. The molecule has 118 valence electrons. The van der Waals surface area contributed by atoms with Gasteiger partial charge in [-0.05, 0) is 25.8 Å². The first-order valence-corrected chi connectivity index (χ1v) is 6.85. The summed E-state index contributed by atoms with van der Waals surface area (Å²) in [6.07, 6.45) is -0.369. The fourth-order valence-electron chi connectivity index (χ4n) is 2.04. The first kappa shape index (κ1) is 15.9. The number of esters is 1. The molecule has 1 aliphatic rings. The monoisotopic (exact) mass is 308 g/mol. The Balaban J connectivity index is 1.96. The highest BCUT2D eigenvalue weighted by Gasteiger charge is 2.29. The summed E-state index contributed by atoms with van der Waals surface area (Å²) in [5, 5.41) is 13.3. The molecule has 0 unspecified atom stereocenters. The van der Waals surface area contributed by atoms with Crippen LogP contribution in [-0.4, -0.2) is 35.6 Å². The second kappa shape index (κ2) is 6.99. The van der Waals surface area contributed by atoms with Gasteiger partial charge in [-0.1, -0.05) is 12.1 Å². The molecule has 0 spiro atoms. The highest BCUT2D eigenvalue weighted by Crippen LogP contribution is 2.23. The number of amides is 1. The van der Waals surface area contributed by atoms with Crippen LogP contribution in [0.1, 0.15) is 19.8 Å². The number of benzene rings is 1. The molecule has 22 heavy (non-hydrogen) atoms. The Morgan fingerprint density at radius 2 is 2.18 bits per heavy atom. The maximum atomic E-state index is 12.0. The van der Waals surface area contributed by atoms with E-state index in [0.29, 0.717) is 13.0 Å². The lowest BCUT2D eigenvalue weighted by molar-refractivity contribution is -0.383. The number of nitro groups is 1. The van der Waals surface area contributed by atoms with Crippen LogP contribution in [0.3, 0.4) is 0 Å². The molecule has 1 aromatic carbocycles. The molecule has 1 amide bonds. The van der Waals surface area contributed by atoms with Crippen molar-refractivity contribution in [3.05, 3.63) is 34.4 Å². The molecule has 0 saturated carbocycles. The number of hydrogen-bond donors (Lipinski definition) is 1. The molecule has 1 aliphatic heterocycles. The van der Waals surface area contributed by atoms with Gasteiger partial charge < -0.3 is 14.8 Å². The van der Waals surface area contributed by atoms with Gasteiger partial charge in [0.15, 0.2) is 12.2 Å². The molecular weight excluding hydrogens is 292 g/mol. The molecule has 1 fully saturated rings. The van der Waals surface area contributed by atoms with Gasteiger partial charge in [0.1, 0.15) is 5.69 Å². The summed E-state index contributed by atoms with van der Waals surface area (Å²) in [4.78, 5) is 34.0. The Kier molecular flexibility index (Phi) is 5.05. The minimum atomic E-state index is -1.07. The van der Waals surface area contributed by atoms with E-state index >= 15 is 0 Å². The van der Waals surface area contributed by atoms with Crippen LogP contribution in [-0.2, 0) is 19.1 Å². The summed E-state index contributed by atoms with van der Waals surface area (Å²) in [5.74, 6) is -1.23. The number of nitro benzene ring substituents is 1. The van der Waals surface area contributed by atoms with E-state index in [-0.39, 0.29) is 11.4 Å². The van der Waals surface area contributed by atoms with Crippen LogP contribution in [0.5, 0.6) is 0 Å². The Labute approximate surface area is 126 Å². The minimum absolute atomic E-state index is 0.0533. The lowest BCUT2D eigenvalue weighted by Crippen LogP contribution is -2.34. The average Bonchev–Trinajstić information content (AvgIpc) is 3.01. The van der Waals surface area contributed by atoms with Crippen LogP contribution >= 0.6 is 0 Å². The highest BCUT2D eigenvalue weighted by molar-refractivity contribution is 5.97. The number of nitrogens with zero attached hydrogens (tertiary/aromatic N) is 1. The third-order valence-corrected chi connectivity index (χ3v) is 3.21. The van der Waals surface area contributed by atoms with Crippen molar-refractivity contribution in [1.29, 1.82) is 0 Å². The van der Waals surface area contributed by atoms with E-state index in [9.17, 15) is 19.7 Å². The van der Waals surface area contributed by atoms with Crippen molar-refractivity contribution in [2.75, 3.05) is 11.9 Å². The Morgan fingerprint density at radius 3 is 2.82 bits per heavy atom. The lowest BCUT2D eigenvalue weighted by Gasteiger charge is -2.15. The molecule has 2 atom stereocenters. The number of carbonyl (C=O) groups excluding carboxylic acids is 2. The summed E-state index contributed by atoms with van der Waals surface area (Å²) in [5.41, 5.74) is -0.175. The van der Waals surface area contributed by atoms with E-state index in [0.717, 1.165) is 6.42 Å². The van der Waals surface area contributed by atoms with Gasteiger partial charge in [-0.25, -0.2) is 4.79 Å². The first-order valence-electron chi connectivity index (χ1n) is 6.85. The quantitative estimate of drug-likeness (QED) is 0.503. The smallest absolute Gasteiger partial charge is 0.336 e. The number of para-hydroxylation sites is 2. The van der Waals surface area contributed by atoms with Crippen molar-refractivity contribution in [2.24, 2.45) is 0 Å². The number of anilines is 1. The minimum Gasteiger partial charge on any atom is -0.451 e. The summed E-state index contributed by atoms with van der Waals surface area (Å²) in [6.45, 7) is 1.90. The molecule has 1 N–H and O–H groups in total. The fourth-order valence-corrected chi connectivity index (χ4v) is 2.04. The second-order valence-electron chi connectivity index (χ2n) is 4.84. The van der Waals surface area contributed by atoms with Gasteiger partial charge in [0.25, 0.3) is 11.6 Å². The van der Waals surface area contributed by atoms with Crippen LogP contribution < -0.4 is 5.32 Å². The predicted molar refractivity (Wildman–Crippen MR) is 76.3 cm³/mol. The van der Waals surface area contributed by atoms with Crippen LogP contribution in [0.2, 0.25) is 0 Å². The molecule has 0 aliphatic carbocycles. The van der Waals surface area contributed by atoms with E-state index in [2.05, 4.69) is 5.32 Å². The van der Waals surface area contributed by atoms with E-state index < -0.39 is 29.0 Å². The van der Waals surface area contributed by atoms with Gasteiger partial charge in [0.05, 0.1) is 4.92 Å². The molecule has 1 heterocycles. The van der Waals surface area contributed by atoms with Crippen LogP contribution in [0.25, 0.3) is 0 Å². The first-order chi connectivity index (χ1) is 10.5. The lowest BCUT2D eigenvalue weighted by atomic mass is 10.2. The van der Waals surface area contributed by atoms with Crippen LogP contribution in [0, 0.1) is 10.1 Å². The zero-order valence-electron chi connectivity index (χ0n) is 12.0. The summed E-state index contributed by atoms with van der Waals surface area (Å²) >= 11 is 0. The fraction of sp³-hybridized carbons (Fsp3) is 0.429. The number of ether oxygens (including phenoxy) is 2. The summed E-state index contributed by atoms with van der Waals surface area (Å²) < 4.78 is 10.2. The van der Waals surface area contributed by atoms with Crippen molar-refractivity contribution in [3.63, 3.8) is 0 Å². The summed E-state index contributed by atoms with van der Waals surface area (Å²) in [7, 11) is 0. The Morgan fingerprint density at radius 1 is 1.45 bits per heavy atom. The number of carbonyl (C=O) groups is 2. The topological polar surface area (TPSA) is 108 Å². The van der Waals surface area contributed by atoms with Gasteiger partial charge in [-0.15, -0.1) is 0 Å². The number of rotatable bonds is 5. The molecule has 8 heteroatoms. The van der Waals surface area contributed by atoms with E-state index in [4.69, 9.17) is 9.47 Å². The molecule has 0 aromatic heterocycles. The number of nitrogens with one attached hydrogen (secondary N) is 1. The van der Waals surface area contributed by atoms with Crippen molar-refractivity contribution < 1.29 is 24.0 Å². The SMILES string of the molecule is C[C@H](OC(=O)[C@@H]1CCCO1)C(=O)Nc1ccccc1[N+](=O)[O-]. The average molecular weight is 308 g/mol. The van der Waals surface area contributed by atoms with Crippen molar-refractivity contribution in [2.45, 2.75) is 32.0 Å². The van der Waals surface area contributed by atoms with Gasteiger partial charge in [0, 0.05) is 12.7 Å². The third-order valence-electron chi connectivity index (χ3n) is 3.21. The van der Waals surface area contributed by atoms with Crippen LogP contribution in [0.15, 0.2) is 24.3 Å². The second-order valence-corrected chi connectivity index (χ2v) is 4.84. The molecule has 8 nitrogen and oxygen atoms in total. The van der Waals surface area contributed by atoms with Gasteiger partial charge in [0.2, 0.25) is 0 Å².